The van der Waals surface area contributed by atoms with Gasteiger partial charge in [0.25, 0.3) is 0 Å². The SMILES string of the molecule is NNC(CSc1ccccc1F)Cc1ccccc1Br. The van der Waals surface area contributed by atoms with Crippen molar-refractivity contribution in [2.75, 3.05) is 5.75 Å². The summed E-state index contributed by atoms with van der Waals surface area (Å²) < 4.78 is 14.6. The van der Waals surface area contributed by atoms with Crippen molar-refractivity contribution in [3.8, 4) is 0 Å². The van der Waals surface area contributed by atoms with Gasteiger partial charge in [0.1, 0.15) is 5.82 Å². The lowest BCUT2D eigenvalue weighted by molar-refractivity contribution is 0.572. The molecular formula is C15H16BrFN2S. The van der Waals surface area contributed by atoms with E-state index in [1.54, 1.807) is 12.1 Å². The summed E-state index contributed by atoms with van der Waals surface area (Å²) in [4.78, 5) is 0.653. The fraction of sp³-hybridized carbons (Fsp3) is 0.200. The van der Waals surface area contributed by atoms with Gasteiger partial charge in [-0.2, -0.15) is 0 Å². The Morgan fingerprint density at radius 3 is 2.55 bits per heavy atom. The number of thioether (sulfide) groups is 1. The Bertz CT molecular complexity index is 565. The molecule has 2 aromatic rings. The summed E-state index contributed by atoms with van der Waals surface area (Å²) in [6.45, 7) is 0. The number of benzene rings is 2. The van der Waals surface area contributed by atoms with Crippen molar-refractivity contribution in [2.45, 2.75) is 17.4 Å². The molecule has 0 radical (unpaired) electrons. The summed E-state index contributed by atoms with van der Waals surface area (Å²) in [6.07, 6.45) is 0.791. The summed E-state index contributed by atoms with van der Waals surface area (Å²) in [5.41, 5.74) is 3.99. The average molecular weight is 355 g/mol. The molecule has 0 spiro atoms. The molecule has 0 saturated carbocycles. The first-order valence-corrected chi connectivity index (χ1v) is 8.05. The molecule has 0 aromatic heterocycles. The van der Waals surface area contributed by atoms with Crippen LogP contribution >= 0.6 is 27.7 Å². The van der Waals surface area contributed by atoms with Gasteiger partial charge in [0, 0.05) is 21.2 Å². The van der Waals surface area contributed by atoms with Gasteiger partial charge >= 0.3 is 0 Å². The smallest absolute Gasteiger partial charge is 0.136 e. The molecule has 0 amide bonds. The highest BCUT2D eigenvalue weighted by Crippen LogP contribution is 2.24. The first-order valence-electron chi connectivity index (χ1n) is 6.27. The lowest BCUT2D eigenvalue weighted by Crippen LogP contribution is -2.38. The molecule has 1 atom stereocenters. The van der Waals surface area contributed by atoms with Gasteiger partial charge < -0.3 is 0 Å². The van der Waals surface area contributed by atoms with E-state index in [-0.39, 0.29) is 11.9 Å². The fourth-order valence-electron chi connectivity index (χ4n) is 1.85. The van der Waals surface area contributed by atoms with E-state index in [9.17, 15) is 4.39 Å². The van der Waals surface area contributed by atoms with Crippen molar-refractivity contribution in [3.05, 3.63) is 64.4 Å². The highest BCUT2D eigenvalue weighted by atomic mass is 79.9. The first kappa shape index (κ1) is 15.5. The summed E-state index contributed by atoms with van der Waals surface area (Å²) in [5.74, 6) is 6.12. The minimum absolute atomic E-state index is 0.0818. The largest absolute Gasteiger partial charge is 0.271 e. The molecule has 3 N–H and O–H groups in total. The van der Waals surface area contributed by atoms with Gasteiger partial charge in [0.2, 0.25) is 0 Å². The van der Waals surface area contributed by atoms with Crippen LogP contribution in [0.15, 0.2) is 57.9 Å². The van der Waals surface area contributed by atoms with Gasteiger partial charge in [-0.15, -0.1) is 11.8 Å². The van der Waals surface area contributed by atoms with E-state index in [1.165, 1.54) is 23.4 Å². The topological polar surface area (TPSA) is 38.0 Å². The van der Waals surface area contributed by atoms with Gasteiger partial charge in [0.15, 0.2) is 0 Å². The van der Waals surface area contributed by atoms with Crippen molar-refractivity contribution in [3.63, 3.8) is 0 Å². The van der Waals surface area contributed by atoms with Gasteiger partial charge in [-0.25, -0.2) is 4.39 Å². The number of nitrogens with two attached hydrogens (primary N) is 1. The van der Waals surface area contributed by atoms with Crippen LogP contribution < -0.4 is 11.3 Å². The van der Waals surface area contributed by atoms with E-state index in [4.69, 9.17) is 5.84 Å². The zero-order valence-electron chi connectivity index (χ0n) is 10.9. The van der Waals surface area contributed by atoms with Crippen LogP contribution in [0.3, 0.4) is 0 Å². The van der Waals surface area contributed by atoms with Gasteiger partial charge in [-0.1, -0.05) is 46.3 Å². The molecule has 0 aliphatic rings. The molecule has 0 heterocycles. The van der Waals surface area contributed by atoms with Gasteiger partial charge in [-0.3, -0.25) is 11.3 Å². The molecule has 2 aromatic carbocycles. The zero-order chi connectivity index (χ0) is 14.4. The highest BCUT2D eigenvalue weighted by Gasteiger charge is 2.11. The second-order valence-electron chi connectivity index (χ2n) is 4.40. The van der Waals surface area contributed by atoms with Crippen LogP contribution in [0.25, 0.3) is 0 Å². The van der Waals surface area contributed by atoms with E-state index in [2.05, 4.69) is 27.4 Å². The average Bonchev–Trinajstić information content (AvgIpc) is 2.47. The molecule has 2 nitrogen and oxygen atoms in total. The number of hydrazine groups is 1. The van der Waals surface area contributed by atoms with Crippen LogP contribution in [0.1, 0.15) is 5.56 Å². The Morgan fingerprint density at radius 1 is 1.15 bits per heavy atom. The van der Waals surface area contributed by atoms with Crippen LogP contribution in [0.5, 0.6) is 0 Å². The minimum Gasteiger partial charge on any atom is -0.271 e. The Labute approximate surface area is 131 Å². The molecule has 0 aliphatic heterocycles. The number of rotatable bonds is 6. The number of nitrogens with one attached hydrogen (secondary N) is 1. The van der Waals surface area contributed by atoms with Crippen molar-refractivity contribution in [1.82, 2.24) is 5.43 Å². The molecule has 0 fully saturated rings. The maximum atomic E-state index is 13.6. The van der Waals surface area contributed by atoms with E-state index in [0.717, 1.165) is 10.9 Å². The maximum Gasteiger partial charge on any atom is 0.136 e. The molecule has 5 heteroatoms. The molecule has 0 aliphatic carbocycles. The van der Waals surface area contributed by atoms with Crippen LogP contribution in [0.4, 0.5) is 4.39 Å². The Kier molecular flexibility index (Phi) is 6.04. The lowest BCUT2D eigenvalue weighted by atomic mass is 10.1. The van der Waals surface area contributed by atoms with Gasteiger partial charge in [0.05, 0.1) is 0 Å². The van der Waals surface area contributed by atoms with Crippen molar-refractivity contribution in [1.29, 1.82) is 0 Å². The van der Waals surface area contributed by atoms with Crippen LogP contribution in [-0.2, 0) is 6.42 Å². The number of hydrogen-bond donors (Lipinski definition) is 2. The lowest BCUT2D eigenvalue weighted by Gasteiger charge is -2.16. The number of hydrogen-bond acceptors (Lipinski definition) is 3. The molecule has 0 bridgehead atoms. The predicted molar refractivity (Wildman–Crippen MR) is 86.1 cm³/mol. The minimum atomic E-state index is -0.186. The van der Waals surface area contributed by atoms with Crippen LogP contribution in [-0.4, -0.2) is 11.8 Å². The third-order valence-corrected chi connectivity index (χ3v) is 4.92. The summed E-state index contributed by atoms with van der Waals surface area (Å²) >= 11 is 5.00. The van der Waals surface area contributed by atoms with E-state index < -0.39 is 0 Å². The molecule has 2 rings (SSSR count). The second-order valence-corrected chi connectivity index (χ2v) is 6.32. The van der Waals surface area contributed by atoms with E-state index in [1.807, 2.05) is 24.3 Å². The van der Waals surface area contributed by atoms with Gasteiger partial charge in [-0.05, 0) is 30.2 Å². The van der Waals surface area contributed by atoms with E-state index >= 15 is 0 Å². The molecule has 106 valence electrons. The Balaban J connectivity index is 1.96. The van der Waals surface area contributed by atoms with Crippen molar-refractivity contribution < 1.29 is 4.39 Å². The van der Waals surface area contributed by atoms with Crippen molar-refractivity contribution in [2.24, 2.45) is 5.84 Å². The molecule has 1 unspecified atom stereocenters. The van der Waals surface area contributed by atoms with E-state index in [0.29, 0.717) is 10.6 Å². The third-order valence-electron chi connectivity index (χ3n) is 2.94. The van der Waals surface area contributed by atoms with Crippen molar-refractivity contribution >= 4 is 27.7 Å². The highest BCUT2D eigenvalue weighted by molar-refractivity contribution is 9.10. The summed E-state index contributed by atoms with van der Waals surface area (Å²) in [5, 5.41) is 0. The standard InChI is InChI=1S/C15H16BrFN2S/c16-13-6-2-1-5-11(13)9-12(19-18)10-20-15-8-4-3-7-14(15)17/h1-8,12,19H,9-10,18H2. The second kappa shape index (κ2) is 7.78. The quantitative estimate of drug-likeness (QED) is 0.471. The summed E-state index contributed by atoms with van der Waals surface area (Å²) in [6, 6.07) is 14.9. The van der Waals surface area contributed by atoms with Crippen LogP contribution in [0, 0.1) is 5.82 Å². The Morgan fingerprint density at radius 2 is 1.85 bits per heavy atom. The molecule has 20 heavy (non-hydrogen) atoms. The number of halogens is 2. The first-order chi connectivity index (χ1) is 9.70. The Hall–Kier alpha value is -0.880. The van der Waals surface area contributed by atoms with Crippen LogP contribution in [0.2, 0.25) is 0 Å². The zero-order valence-corrected chi connectivity index (χ0v) is 13.3. The fourth-order valence-corrected chi connectivity index (χ4v) is 3.27. The predicted octanol–water partition coefficient (Wildman–Crippen LogP) is 3.75. The third kappa shape index (κ3) is 4.31. The normalized spacial score (nSPS) is 12.3. The molecule has 0 saturated heterocycles. The monoisotopic (exact) mass is 354 g/mol. The summed E-state index contributed by atoms with van der Waals surface area (Å²) in [7, 11) is 0. The maximum absolute atomic E-state index is 13.6. The molecular weight excluding hydrogens is 339 g/mol.